The van der Waals surface area contributed by atoms with Gasteiger partial charge in [0.25, 0.3) is 0 Å². The van der Waals surface area contributed by atoms with Crippen LogP contribution in [0.15, 0.2) is 0 Å². The summed E-state index contributed by atoms with van der Waals surface area (Å²) >= 11 is 0. The number of hydrogen-bond acceptors (Lipinski definition) is 4. The summed E-state index contributed by atoms with van der Waals surface area (Å²) < 4.78 is 8.70. The van der Waals surface area contributed by atoms with Gasteiger partial charge in [-0.05, 0) is 0 Å². The first-order valence-corrected chi connectivity index (χ1v) is 6.77. The van der Waals surface area contributed by atoms with Crippen LogP contribution in [-0.4, -0.2) is 36.0 Å². The Morgan fingerprint density at radius 2 is 1.24 bits per heavy atom. The van der Waals surface area contributed by atoms with Crippen molar-refractivity contribution in [1.82, 2.24) is 5.32 Å². The van der Waals surface area contributed by atoms with Gasteiger partial charge < -0.3 is 18.2 Å². The van der Waals surface area contributed by atoms with Gasteiger partial charge in [-0.2, -0.15) is 0 Å². The number of nitrogens with one attached hydrogen (secondary N) is 1. The first kappa shape index (κ1) is 23.0. The molecule has 1 aliphatic rings. The fourth-order valence-electron chi connectivity index (χ4n) is 1.21. The van der Waals surface area contributed by atoms with E-state index >= 15 is 0 Å². The predicted octanol–water partition coefficient (Wildman–Crippen LogP) is -2.81. The molecule has 0 saturated heterocycles. The molecule has 0 heterocycles. The minimum absolute atomic E-state index is 0. The van der Waals surface area contributed by atoms with Gasteiger partial charge >= 0.3 is 37.8 Å². The quantitative estimate of drug-likeness (QED) is 0.215. The Kier molecular flexibility index (Phi) is 30.0. The second kappa shape index (κ2) is 22.1. The van der Waals surface area contributed by atoms with Crippen LogP contribution in [0, 0.1) is 0 Å². The SMILES string of the molecule is C1CCCC1.NCCNCCN.O=[P+](O)O.[H-].[Na+]. The van der Waals surface area contributed by atoms with Crippen LogP contribution in [0.1, 0.15) is 33.5 Å². The Morgan fingerprint density at radius 1 is 1.00 bits per heavy atom. The average molecular weight is 278 g/mol. The fourth-order valence-corrected chi connectivity index (χ4v) is 1.21. The second-order valence-electron chi connectivity index (χ2n) is 3.35. The van der Waals surface area contributed by atoms with Gasteiger partial charge in [-0.25, -0.2) is 0 Å². The molecule has 0 radical (unpaired) electrons. The molecule has 7 N–H and O–H groups in total. The molecule has 6 nitrogen and oxygen atoms in total. The van der Waals surface area contributed by atoms with Gasteiger partial charge in [0.15, 0.2) is 0 Å². The molecule has 17 heavy (non-hydrogen) atoms. The van der Waals surface area contributed by atoms with Gasteiger partial charge in [-0.3, -0.25) is 0 Å². The van der Waals surface area contributed by atoms with Crippen molar-refractivity contribution in [2.75, 3.05) is 26.2 Å². The molecule has 0 aliphatic heterocycles. The van der Waals surface area contributed by atoms with Crippen LogP contribution in [0.25, 0.3) is 0 Å². The van der Waals surface area contributed by atoms with E-state index < -0.39 is 8.25 Å². The fraction of sp³-hybridized carbons (Fsp3) is 1.00. The number of hydrogen-bond donors (Lipinski definition) is 5. The monoisotopic (exact) mass is 278 g/mol. The van der Waals surface area contributed by atoms with E-state index in [0.29, 0.717) is 13.1 Å². The number of rotatable bonds is 4. The van der Waals surface area contributed by atoms with Crippen LogP contribution in [0.4, 0.5) is 0 Å². The van der Waals surface area contributed by atoms with Crippen LogP contribution in [0.3, 0.4) is 0 Å². The van der Waals surface area contributed by atoms with E-state index in [0.717, 1.165) is 13.1 Å². The Bertz CT molecular complexity index is 141. The van der Waals surface area contributed by atoms with Crippen LogP contribution < -0.4 is 46.3 Å². The van der Waals surface area contributed by atoms with Crippen molar-refractivity contribution in [2.24, 2.45) is 11.5 Å². The first-order chi connectivity index (χ1) is 7.65. The molecule has 1 saturated carbocycles. The minimum atomic E-state index is -2.87. The van der Waals surface area contributed by atoms with E-state index in [1.54, 1.807) is 0 Å². The second-order valence-corrected chi connectivity index (χ2v) is 3.85. The zero-order valence-electron chi connectivity index (χ0n) is 11.8. The normalized spacial score (nSPS) is 12.5. The van der Waals surface area contributed by atoms with Gasteiger partial charge in [0.1, 0.15) is 0 Å². The molecule has 1 rings (SSSR count). The molecule has 8 heteroatoms. The maximum absolute atomic E-state index is 8.70. The van der Waals surface area contributed by atoms with Gasteiger partial charge in [0, 0.05) is 30.7 Å². The Labute approximate surface area is 128 Å². The summed E-state index contributed by atoms with van der Waals surface area (Å²) in [5.74, 6) is 0. The van der Waals surface area contributed by atoms with E-state index in [1.165, 1.54) is 32.1 Å². The third-order valence-corrected chi connectivity index (χ3v) is 1.89. The van der Waals surface area contributed by atoms with Crippen LogP contribution in [0.5, 0.6) is 0 Å². The topological polar surface area (TPSA) is 122 Å². The molecule has 0 aromatic rings. The standard InChI is InChI=1S/C5H10.C4H13N3.Na.HO3P.H/c1-2-4-5-3-1;5-1-3-7-4-2-6;;1-4(2)3;/h1-5H2;7H,1-6H2;;(H-,1,2,3);/q;;+1;;-1/p+1. The molecule has 0 unspecified atom stereocenters. The Hall–Kier alpha value is 0.900. The van der Waals surface area contributed by atoms with E-state index in [1.807, 2.05) is 0 Å². The van der Waals surface area contributed by atoms with Gasteiger partial charge in [0.2, 0.25) is 0 Å². The Morgan fingerprint density at radius 3 is 1.41 bits per heavy atom. The summed E-state index contributed by atoms with van der Waals surface area (Å²) in [6, 6.07) is 0. The minimum Gasteiger partial charge on any atom is -1.00 e. The van der Waals surface area contributed by atoms with Crippen LogP contribution in [0.2, 0.25) is 0 Å². The zero-order valence-corrected chi connectivity index (χ0v) is 13.7. The zero-order chi connectivity index (χ0) is 12.6. The van der Waals surface area contributed by atoms with E-state index in [9.17, 15) is 0 Å². The molecular formula is C9H26N3NaO3P+. The summed E-state index contributed by atoms with van der Waals surface area (Å²) in [5, 5.41) is 3.03. The van der Waals surface area contributed by atoms with Crippen LogP contribution >= 0.6 is 8.25 Å². The number of nitrogens with two attached hydrogens (primary N) is 2. The van der Waals surface area contributed by atoms with E-state index in [4.69, 9.17) is 25.8 Å². The smallest absolute Gasteiger partial charge is 1.00 e. The summed E-state index contributed by atoms with van der Waals surface area (Å²) in [4.78, 5) is 14.2. The molecule has 1 aliphatic carbocycles. The van der Waals surface area contributed by atoms with Crippen LogP contribution in [-0.2, 0) is 4.57 Å². The van der Waals surface area contributed by atoms with Crippen molar-refractivity contribution < 1.29 is 45.3 Å². The van der Waals surface area contributed by atoms with Crippen molar-refractivity contribution in [3.05, 3.63) is 0 Å². The molecule has 0 bridgehead atoms. The van der Waals surface area contributed by atoms with Crippen molar-refractivity contribution in [1.29, 1.82) is 0 Å². The van der Waals surface area contributed by atoms with Gasteiger partial charge in [0.05, 0.1) is 0 Å². The molecule has 0 aromatic heterocycles. The van der Waals surface area contributed by atoms with E-state index in [2.05, 4.69) is 5.32 Å². The maximum atomic E-state index is 8.70. The summed E-state index contributed by atoms with van der Waals surface area (Å²) in [5.41, 5.74) is 10.3. The van der Waals surface area contributed by atoms with Crippen molar-refractivity contribution in [3.63, 3.8) is 0 Å². The average Bonchev–Trinajstić information content (AvgIpc) is 2.75. The maximum Gasteiger partial charge on any atom is 1.00 e. The van der Waals surface area contributed by atoms with Gasteiger partial charge in [-0.15, -0.1) is 9.79 Å². The predicted molar refractivity (Wildman–Crippen MR) is 67.2 cm³/mol. The molecule has 0 amide bonds. The molecule has 100 valence electrons. The third-order valence-electron chi connectivity index (χ3n) is 1.89. The molecule has 0 aromatic carbocycles. The summed E-state index contributed by atoms with van der Waals surface area (Å²) in [6.45, 7) is 3.13. The third kappa shape index (κ3) is 38.3. The van der Waals surface area contributed by atoms with Crippen molar-refractivity contribution >= 4 is 8.25 Å². The molecule has 0 spiro atoms. The van der Waals surface area contributed by atoms with Gasteiger partial charge in [-0.1, -0.05) is 32.1 Å². The summed E-state index contributed by atoms with van der Waals surface area (Å²) in [6.07, 6.45) is 7.50. The molecule has 0 atom stereocenters. The Balaban J connectivity index is -0.0000000801. The molecular weight excluding hydrogens is 252 g/mol. The van der Waals surface area contributed by atoms with Crippen molar-refractivity contribution in [3.8, 4) is 0 Å². The van der Waals surface area contributed by atoms with Crippen molar-refractivity contribution in [2.45, 2.75) is 32.1 Å². The molecule has 1 fully saturated rings. The largest absolute Gasteiger partial charge is 1.00 e. The summed E-state index contributed by atoms with van der Waals surface area (Å²) in [7, 11) is -2.87. The van der Waals surface area contributed by atoms with E-state index in [-0.39, 0.29) is 31.0 Å². The first-order valence-electron chi connectivity index (χ1n) is 5.61.